The Morgan fingerprint density at radius 2 is 1.92 bits per heavy atom. The number of carbonyl (C=O) groups excluding carboxylic acids is 1. The molecule has 0 atom stereocenters. The molecule has 3 rings (SSSR count). The fourth-order valence-corrected chi connectivity index (χ4v) is 3.04. The highest BCUT2D eigenvalue weighted by Gasteiger charge is 2.09. The van der Waals surface area contributed by atoms with E-state index in [9.17, 15) is 4.79 Å². The monoisotopic (exact) mass is 432 g/mol. The summed E-state index contributed by atoms with van der Waals surface area (Å²) in [5.41, 5.74) is 1.66. The van der Waals surface area contributed by atoms with Crippen LogP contribution in [0.1, 0.15) is 6.92 Å². The van der Waals surface area contributed by atoms with Gasteiger partial charge in [0.25, 0.3) is 0 Å². The van der Waals surface area contributed by atoms with Gasteiger partial charge in [0.05, 0.1) is 12.4 Å². The van der Waals surface area contributed by atoms with Crippen molar-refractivity contribution in [3.8, 4) is 17.1 Å². The minimum Gasteiger partial charge on any atom is -0.494 e. The molecule has 6 nitrogen and oxygen atoms in total. The van der Waals surface area contributed by atoms with Gasteiger partial charge in [0.2, 0.25) is 11.1 Å². The van der Waals surface area contributed by atoms with Crippen LogP contribution < -0.4 is 10.1 Å². The highest BCUT2D eigenvalue weighted by molar-refractivity contribution is 9.10. The zero-order valence-electron chi connectivity index (χ0n) is 14.0. The van der Waals surface area contributed by atoms with Gasteiger partial charge in [0.1, 0.15) is 5.75 Å². The number of ether oxygens (including phenoxy) is 1. The van der Waals surface area contributed by atoms with Gasteiger partial charge in [0, 0.05) is 15.7 Å². The van der Waals surface area contributed by atoms with Crippen LogP contribution in [-0.4, -0.2) is 33.4 Å². The number of nitrogens with zero attached hydrogens (tertiary/aromatic N) is 2. The number of halogens is 1. The summed E-state index contributed by atoms with van der Waals surface area (Å²) >= 11 is 4.68. The van der Waals surface area contributed by atoms with Crippen molar-refractivity contribution in [1.82, 2.24) is 15.2 Å². The Labute approximate surface area is 163 Å². The molecule has 1 amide bonds. The molecular weight excluding hydrogens is 416 g/mol. The first-order valence-corrected chi connectivity index (χ1v) is 9.76. The summed E-state index contributed by atoms with van der Waals surface area (Å²) in [5, 5.41) is 10.4. The fourth-order valence-electron chi connectivity index (χ4n) is 2.18. The lowest BCUT2D eigenvalue weighted by atomic mass is 10.2. The average molecular weight is 433 g/mol. The van der Waals surface area contributed by atoms with Crippen LogP contribution in [0.2, 0.25) is 0 Å². The molecule has 0 aliphatic heterocycles. The van der Waals surface area contributed by atoms with Crippen molar-refractivity contribution in [3.05, 3.63) is 53.0 Å². The molecule has 0 saturated carbocycles. The number of aromatic amines is 1. The van der Waals surface area contributed by atoms with Crippen LogP contribution in [0.15, 0.2) is 58.2 Å². The van der Waals surface area contributed by atoms with Gasteiger partial charge in [-0.15, -0.1) is 5.10 Å². The lowest BCUT2D eigenvalue weighted by Crippen LogP contribution is -2.14. The van der Waals surface area contributed by atoms with Crippen molar-refractivity contribution < 1.29 is 9.53 Å². The van der Waals surface area contributed by atoms with Crippen LogP contribution in [-0.2, 0) is 4.79 Å². The van der Waals surface area contributed by atoms with Crippen LogP contribution >= 0.6 is 27.7 Å². The summed E-state index contributed by atoms with van der Waals surface area (Å²) in [6.45, 7) is 2.54. The molecule has 0 fully saturated rings. The van der Waals surface area contributed by atoms with Crippen molar-refractivity contribution in [1.29, 1.82) is 0 Å². The standard InChI is InChI=1S/C18H17BrN4O2S/c1-2-25-15-9-7-14(8-10-15)20-16(24)11-26-18-21-17(22-23-18)12-3-5-13(19)6-4-12/h3-10H,2,11H2,1H3,(H,20,24)(H,21,22,23). The van der Waals surface area contributed by atoms with E-state index in [1.807, 2.05) is 55.5 Å². The van der Waals surface area contributed by atoms with Gasteiger partial charge < -0.3 is 10.1 Å². The summed E-state index contributed by atoms with van der Waals surface area (Å²) in [6.07, 6.45) is 0. The largest absolute Gasteiger partial charge is 0.494 e. The summed E-state index contributed by atoms with van der Waals surface area (Å²) < 4.78 is 6.38. The van der Waals surface area contributed by atoms with Crippen LogP contribution in [0.25, 0.3) is 11.4 Å². The van der Waals surface area contributed by atoms with Crippen molar-refractivity contribution >= 4 is 39.3 Å². The molecule has 1 heterocycles. The van der Waals surface area contributed by atoms with E-state index >= 15 is 0 Å². The summed E-state index contributed by atoms with van der Waals surface area (Å²) in [7, 11) is 0. The highest BCUT2D eigenvalue weighted by atomic mass is 79.9. The van der Waals surface area contributed by atoms with E-state index in [1.165, 1.54) is 11.8 Å². The van der Waals surface area contributed by atoms with E-state index in [-0.39, 0.29) is 11.7 Å². The third-order valence-corrected chi connectivity index (χ3v) is 4.74. The number of carbonyl (C=O) groups is 1. The number of anilines is 1. The Kier molecular flexibility index (Phi) is 6.30. The van der Waals surface area contributed by atoms with E-state index < -0.39 is 0 Å². The van der Waals surface area contributed by atoms with Crippen LogP contribution in [0.3, 0.4) is 0 Å². The topological polar surface area (TPSA) is 79.9 Å². The maximum Gasteiger partial charge on any atom is 0.234 e. The maximum absolute atomic E-state index is 12.1. The van der Waals surface area contributed by atoms with E-state index in [2.05, 4.69) is 36.4 Å². The molecule has 3 aromatic rings. The SMILES string of the molecule is CCOc1ccc(NC(=O)CSc2n[nH]c(-c3ccc(Br)cc3)n2)cc1. The van der Waals surface area contributed by atoms with Gasteiger partial charge in [-0.25, -0.2) is 4.98 Å². The van der Waals surface area contributed by atoms with E-state index in [4.69, 9.17) is 4.74 Å². The second-order valence-corrected chi connectivity index (χ2v) is 7.13. The quantitative estimate of drug-likeness (QED) is 0.541. The minimum absolute atomic E-state index is 0.117. The number of rotatable bonds is 7. The minimum atomic E-state index is -0.117. The predicted octanol–water partition coefficient (Wildman–Crippen LogP) is 4.36. The molecule has 0 aliphatic rings. The smallest absolute Gasteiger partial charge is 0.234 e. The number of H-pyrrole nitrogens is 1. The Morgan fingerprint density at radius 1 is 1.19 bits per heavy atom. The second-order valence-electron chi connectivity index (χ2n) is 5.27. The van der Waals surface area contributed by atoms with Gasteiger partial charge in [-0.2, -0.15) is 0 Å². The molecule has 0 unspecified atom stereocenters. The second kappa shape index (κ2) is 8.86. The zero-order chi connectivity index (χ0) is 18.4. The first kappa shape index (κ1) is 18.5. The predicted molar refractivity (Wildman–Crippen MR) is 106 cm³/mol. The first-order chi connectivity index (χ1) is 12.6. The molecule has 134 valence electrons. The third-order valence-electron chi connectivity index (χ3n) is 3.36. The van der Waals surface area contributed by atoms with E-state index in [0.29, 0.717) is 17.6 Å². The van der Waals surface area contributed by atoms with Crippen molar-refractivity contribution in [2.45, 2.75) is 12.1 Å². The number of nitrogens with one attached hydrogen (secondary N) is 2. The Bertz CT molecular complexity index is 866. The van der Waals surface area contributed by atoms with E-state index in [0.717, 1.165) is 21.5 Å². The number of benzene rings is 2. The molecule has 8 heteroatoms. The zero-order valence-corrected chi connectivity index (χ0v) is 16.4. The molecule has 1 aromatic heterocycles. The average Bonchev–Trinajstić information content (AvgIpc) is 3.11. The van der Waals surface area contributed by atoms with Crippen molar-refractivity contribution in [2.24, 2.45) is 0 Å². The summed E-state index contributed by atoms with van der Waals surface area (Å²) in [5.74, 6) is 1.56. The molecule has 2 aromatic carbocycles. The molecule has 2 N–H and O–H groups in total. The van der Waals surface area contributed by atoms with Gasteiger partial charge >= 0.3 is 0 Å². The van der Waals surface area contributed by atoms with Gasteiger partial charge in [-0.1, -0.05) is 39.8 Å². The molecule has 26 heavy (non-hydrogen) atoms. The molecular formula is C18H17BrN4O2S. The Morgan fingerprint density at radius 3 is 2.62 bits per heavy atom. The number of amides is 1. The highest BCUT2D eigenvalue weighted by Crippen LogP contribution is 2.21. The third kappa shape index (κ3) is 5.09. The Hall–Kier alpha value is -2.32. The van der Waals surface area contributed by atoms with Crippen LogP contribution in [0.4, 0.5) is 5.69 Å². The van der Waals surface area contributed by atoms with Gasteiger partial charge in [-0.3, -0.25) is 9.89 Å². The van der Waals surface area contributed by atoms with Crippen molar-refractivity contribution in [3.63, 3.8) is 0 Å². The normalized spacial score (nSPS) is 10.5. The van der Waals surface area contributed by atoms with Crippen LogP contribution in [0, 0.1) is 0 Å². The molecule has 0 spiro atoms. The number of hydrogen-bond donors (Lipinski definition) is 2. The lowest BCUT2D eigenvalue weighted by Gasteiger charge is -2.06. The molecule has 0 aliphatic carbocycles. The first-order valence-electron chi connectivity index (χ1n) is 7.98. The number of thioether (sulfide) groups is 1. The summed E-state index contributed by atoms with van der Waals surface area (Å²) in [4.78, 5) is 16.5. The lowest BCUT2D eigenvalue weighted by molar-refractivity contribution is -0.113. The molecule has 0 bridgehead atoms. The number of hydrogen-bond acceptors (Lipinski definition) is 5. The molecule has 0 radical (unpaired) electrons. The van der Waals surface area contributed by atoms with Gasteiger partial charge in [-0.05, 0) is 43.3 Å². The van der Waals surface area contributed by atoms with Crippen LogP contribution in [0.5, 0.6) is 5.75 Å². The molecule has 0 saturated heterocycles. The van der Waals surface area contributed by atoms with Crippen molar-refractivity contribution in [2.75, 3.05) is 17.7 Å². The maximum atomic E-state index is 12.1. The fraction of sp³-hybridized carbons (Fsp3) is 0.167. The Balaban J connectivity index is 1.52. The number of aromatic nitrogens is 3. The summed E-state index contributed by atoms with van der Waals surface area (Å²) in [6, 6.07) is 15.0. The van der Waals surface area contributed by atoms with E-state index in [1.54, 1.807) is 0 Å². The van der Waals surface area contributed by atoms with Gasteiger partial charge in [0.15, 0.2) is 5.82 Å².